The highest BCUT2D eigenvalue weighted by molar-refractivity contribution is 5.81. The zero-order chi connectivity index (χ0) is 19.8. The number of aliphatic hydroxyl groups is 1. The van der Waals surface area contributed by atoms with Gasteiger partial charge in [-0.3, -0.25) is 4.79 Å². The van der Waals surface area contributed by atoms with Gasteiger partial charge in [-0.1, -0.05) is 12.1 Å². The van der Waals surface area contributed by atoms with Crippen molar-refractivity contribution < 1.29 is 27.9 Å². The highest BCUT2D eigenvalue weighted by Crippen LogP contribution is 2.24. The Morgan fingerprint density at radius 3 is 2.67 bits per heavy atom. The molecule has 0 bridgehead atoms. The lowest BCUT2D eigenvalue weighted by Crippen LogP contribution is -2.46. The maximum Gasteiger partial charge on any atom is 0.493 e. The summed E-state index contributed by atoms with van der Waals surface area (Å²) < 4.78 is 38.2. The van der Waals surface area contributed by atoms with Crippen LogP contribution in [0.15, 0.2) is 23.0 Å². The summed E-state index contributed by atoms with van der Waals surface area (Å²) in [6.07, 6.45) is -4.85. The Hall–Kier alpha value is -2.46. The smallest absolute Gasteiger partial charge is 0.389 e. The van der Waals surface area contributed by atoms with Crippen LogP contribution in [0.2, 0.25) is 0 Å². The number of nitrogens with zero attached hydrogens (tertiary/aromatic N) is 2. The first kappa shape index (κ1) is 19.3. The predicted molar refractivity (Wildman–Crippen MR) is 89.1 cm³/mol. The fourth-order valence-electron chi connectivity index (χ4n) is 3.08. The molecule has 2 N–H and O–H groups in total. The minimum Gasteiger partial charge on any atom is -0.389 e. The molecule has 2 heterocycles. The molecule has 1 aromatic heterocycles. The van der Waals surface area contributed by atoms with E-state index in [-0.39, 0.29) is 27.9 Å². The van der Waals surface area contributed by atoms with E-state index in [0.29, 0.717) is 31.5 Å². The van der Waals surface area contributed by atoms with E-state index in [4.69, 9.17) is 0 Å². The average Bonchev–Trinajstić information content (AvgIpc) is 2.58. The van der Waals surface area contributed by atoms with Gasteiger partial charge in [-0.25, -0.2) is 9.78 Å². The molecule has 0 spiro atoms. The van der Waals surface area contributed by atoms with Gasteiger partial charge in [-0.05, 0) is 44.5 Å². The van der Waals surface area contributed by atoms with Gasteiger partial charge in [0.05, 0.1) is 16.5 Å². The van der Waals surface area contributed by atoms with Gasteiger partial charge in [-0.2, -0.15) is 13.2 Å². The largest absolute Gasteiger partial charge is 0.493 e. The Morgan fingerprint density at radius 2 is 2.04 bits per heavy atom. The van der Waals surface area contributed by atoms with Crippen molar-refractivity contribution in [1.29, 1.82) is 0 Å². The summed E-state index contributed by atoms with van der Waals surface area (Å²) >= 11 is 0. The number of benzene rings is 1. The molecule has 2 aromatic rings. The molecule has 1 saturated heterocycles. The molecule has 27 heavy (non-hydrogen) atoms. The van der Waals surface area contributed by atoms with Crippen molar-refractivity contribution in [2.24, 2.45) is 0 Å². The Labute approximate surface area is 151 Å². The number of hydrogen-bond acceptors (Lipinski definition) is 6. The highest BCUT2D eigenvalue weighted by Gasteiger charge is 2.43. The van der Waals surface area contributed by atoms with Gasteiger partial charge in [0.2, 0.25) is 0 Å². The topological polar surface area (TPSA) is 93.5 Å². The van der Waals surface area contributed by atoms with Gasteiger partial charge >= 0.3 is 12.1 Å². The molecule has 1 aliphatic heterocycles. The van der Waals surface area contributed by atoms with Gasteiger partial charge in [-0.15, -0.1) is 4.73 Å². The third kappa shape index (κ3) is 3.96. The van der Waals surface area contributed by atoms with Crippen molar-refractivity contribution in [3.8, 4) is 0 Å². The zero-order valence-electron chi connectivity index (χ0n) is 14.5. The van der Waals surface area contributed by atoms with Crippen LogP contribution in [0, 0.1) is 6.92 Å². The number of nitrogens with one attached hydrogen (secondary N) is 1. The van der Waals surface area contributed by atoms with E-state index >= 15 is 0 Å². The number of aryl methyl sites for hydroxylation is 1. The van der Waals surface area contributed by atoms with Gasteiger partial charge < -0.3 is 15.3 Å². The molecule has 0 unspecified atom stereocenters. The lowest BCUT2D eigenvalue weighted by atomic mass is 9.89. The molecule has 7 nitrogen and oxygen atoms in total. The molecule has 1 fully saturated rings. The number of carbonyl (C=O) groups excluding carboxylic acids is 1. The number of piperidine rings is 1. The van der Waals surface area contributed by atoms with Crippen molar-refractivity contribution >= 4 is 16.9 Å². The van der Waals surface area contributed by atoms with E-state index in [1.54, 1.807) is 19.1 Å². The fraction of sp³-hybridized carbons (Fsp3) is 0.471. The molecule has 0 saturated carbocycles. The molecule has 10 heteroatoms. The van der Waals surface area contributed by atoms with Gasteiger partial charge in [0.15, 0.2) is 5.82 Å². The number of carbonyl (C=O) groups is 1. The summed E-state index contributed by atoms with van der Waals surface area (Å²) in [5.41, 5.74) is -1.28. The monoisotopic (exact) mass is 385 g/mol. The standard InChI is InChI=1S/C17H18F3N3O4/c1-10-3-2-4-11-13(10)22-12(9-16(26)5-7-21-8-6-16)23(14(11)24)27-15(25)17(18,19)20/h2-4,21,26H,5-9H2,1H3. The summed E-state index contributed by atoms with van der Waals surface area (Å²) in [6, 6.07) is 4.64. The second-order valence-electron chi connectivity index (χ2n) is 6.63. The molecule has 0 radical (unpaired) electrons. The van der Waals surface area contributed by atoms with E-state index in [1.165, 1.54) is 6.07 Å². The Balaban J connectivity index is 2.13. The van der Waals surface area contributed by atoms with Crippen LogP contribution in [-0.2, 0) is 11.2 Å². The van der Waals surface area contributed by atoms with Gasteiger partial charge in [0.1, 0.15) is 0 Å². The quantitative estimate of drug-likeness (QED) is 0.815. The number of halogens is 3. The Bertz CT molecular complexity index is 933. The second kappa shape index (κ2) is 6.93. The van der Waals surface area contributed by atoms with Crippen LogP contribution in [0.5, 0.6) is 0 Å². The molecule has 1 aliphatic rings. The van der Waals surface area contributed by atoms with Crippen LogP contribution in [0.25, 0.3) is 10.9 Å². The SMILES string of the molecule is Cc1cccc2c(=O)n(OC(=O)C(F)(F)F)c(CC3(O)CCNCC3)nc12. The van der Waals surface area contributed by atoms with E-state index in [0.717, 1.165) is 0 Å². The molecule has 0 atom stereocenters. The molecule has 0 amide bonds. The van der Waals surface area contributed by atoms with E-state index < -0.39 is 23.3 Å². The summed E-state index contributed by atoms with van der Waals surface area (Å²) in [5, 5.41) is 13.8. The molecule has 3 rings (SSSR count). The van der Waals surface area contributed by atoms with Crippen molar-refractivity contribution in [3.05, 3.63) is 39.9 Å². The third-order valence-corrected chi connectivity index (χ3v) is 4.56. The summed E-state index contributed by atoms with van der Waals surface area (Å²) in [6.45, 7) is 2.72. The average molecular weight is 385 g/mol. The van der Waals surface area contributed by atoms with Crippen LogP contribution < -0.4 is 15.7 Å². The van der Waals surface area contributed by atoms with Gasteiger partial charge in [0.25, 0.3) is 5.56 Å². The maximum atomic E-state index is 12.7. The first-order valence-electron chi connectivity index (χ1n) is 8.35. The molecule has 146 valence electrons. The number of hydrogen-bond donors (Lipinski definition) is 2. The molecule has 0 aliphatic carbocycles. The van der Waals surface area contributed by atoms with Crippen LogP contribution >= 0.6 is 0 Å². The van der Waals surface area contributed by atoms with Crippen molar-refractivity contribution in [3.63, 3.8) is 0 Å². The second-order valence-corrected chi connectivity index (χ2v) is 6.63. The summed E-state index contributed by atoms with van der Waals surface area (Å²) in [5.74, 6) is -2.76. The summed E-state index contributed by atoms with van der Waals surface area (Å²) in [7, 11) is 0. The Kier molecular flexibility index (Phi) is 4.96. The first-order valence-corrected chi connectivity index (χ1v) is 8.35. The van der Waals surface area contributed by atoms with E-state index in [9.17, 15) is 27.9 Å². The van der Waals surface area contributed by atoms with Crippen LogP contribution in [0.4, 0.5) is 13.2 Å². The van der Waals surface area contributed by atoms with Crippen molar-refractivity contribution in [2.45, 2.75) is 38.0 Å². The first-order chi connectivity index (χ1) is 12.6. The minimum absolute atomic E-state index is 0.0195. The Morgan fingerprint density at radius 1 is 1.37 bits per heavy atom. The van der Waals surface area contributed by atoms with E-state index in [1.807, 2.05) is 0 Å². The van der Waals surface area contributed by atoms with Crippen LogP contribution in [0.1, 0.15) is 24.2 Å². The zero-order valence-corrected chi connectivity index (χ0v) is 14.5. The number of fused-ring (bicyclic) bond motifs is 1. The molecular formula is C17H18F3N3O4. The molecule has 1 aromatic carbocycles. The highest BCUT2D eigenvalue weighted by atomic mass is 19.4. The number of aromatic nitrogens is 2. The van der Waals surface area contributed by atoms with Crippen molar-refractivity contribution in [1.82, 2.24) is 15.0 Å². The van der Waals surface area contributed by atoms with Crippen molar-refractivity contribution in [2.75, 3.05) is 13.1 Å². The predicted octanol–water partition coefficient (Wildman–Crippen LogP) is 0.879. The minimum atomic E-state index is -5.27. The summed E-state index contributed by atoms with van der Waals surface area (Å²) in [4.78, 5) is 32.6. The third-order valence-electron chi connectivity index (χ3n) is 4.56. The lowest BCUT2D eigenvalue weighted by Gasteiger charge is -2.32. The van der Waals surface area contributed by atoms with Crippen LogP contribution in [-0.4, -0.2) is 45.7 Å². The number of alkyl halides is 3. The fourth-order valence-corrected chi connectivity index (χ4v) is 3.08. The molecular weight excluding hydrogens is 367 g/mol. The van der Waals surface area contributed by atoms with E-state index in [2.05, 4.69) is 15.1 Å². The number of para-hydroxylation sites is 1. The maximum absolute atomic E-state index is 12.7. The number of rotatable bonds is 3. The van der Waals surface area contributed by atoms with Crippen LogP contribution in [0.3, 0.4) is 0 Å². The lowest BCUT2D eigenvalue weighted by molar-refractivity contribution is -0.200. The normalized spacial score (nSPS) is 17.1. The van der Waals surface area contributed by atoms with Gasteiger partial charge in [0, 0.05) is 6.42 Å².